The van der Waals surface area contributed by atoms with Crippen molar-refractivity contribution < 1.29 is 8.42 Å². The number of unbranched alkanes of at least 4 members (excludes halogenated alkanes) is 1. The van der Waals surface area contributed by atoms with E-state index in [0.717, 1.165) is 32.4 Å². The van der Waals surface area contributed by atoms with Crippen LogP contribution in [0.4, 0.5) is 0 Å². The van der Waals surface area contributed by atoms with Crippen LogP contribution < -0.4 is 10.0 Å². The predicted molar refractivity (Wildman–Crippen MR) is 73.7 cm³/mol. The van der Waals surface area contributed by atoms with E-state index in [1.165, 1.54) is 0 Å². The largest absolute Gasteiger partial charge is 0.317 e. The van der Waals surface area contributed by atoms with Crippen LogP contribution in [0.25, 0.3) is 0 Å². The van der Waals surface area contributed by atoms with Crippen LogP contribution >= 0.6 is 0 Å². The Bertz CT molecular complexity index is 287. The Morgan fingerprint density at radius 2 is 1.76 bits per heavy atom. The van der Waals surface area contributed by atoms with Crippen molar-refractivity contribution in [2.45, 2.75) is 58.9 Å². The molecule has 0 unspecified atom stereocenters. The summed E-state index contributed by atoms with van der Waals surface area (Å²) in [4.78, 5) is 0. The minimum atomic E-state index is -3.13. The third-order valence-electron chi connectivity index (χ3n) is 2.57. The first-order chi connectivity index (χ1) is 7.83. The lowest BCUT2D eigenvalue weighted by Crippen LogP contribution is -2.44. The molecule has 0 aromatic carbocycles. The Morgan fingerprint density at radius 3 is 2.29 bits per heavy atom. The van der Waals surface area contributed by atoms with E-state index in [0.29, 0.717) is 6.42 Å². The van der Waals surface area contributed by atoms with Crippen molar-refractivity contribution >= 4 is 10.0 Å². The Balaban J connectivity index is 3.95. The van der Waals surface area contributed by atoms with Gasteiger partial charge < -0.3 is 5.32 Å². The summed E-state index contributed by atoms with van der Waals surface area (Å²) in [5.74, 6) is 0.228. The van der Waals surface area contributed by atoms with Gasteiger partial charge in [-0.1, -0.05) is 20.3 Å². The summed E-state index contributed by atoms with van der Waals surface area (Å²) in [6.07, 6.45) is 3.47. The Labute approximate surface area is 107 Å². The van der Waals surface area contributed by atoms with Gasteiger partial charge in [-0.05, 0) is 46.2 Å². The summed E-state index contributed by atoms with van der Waals surface area (Å²) < 4.78 is 26.4. The van der Waals surface area contributed by atoms with Crippen LogP contribution in [0.2, 0.25) is 0 Å². The monoisotopic (exact) mass is 264 g/mol. The van der Waals surface area contributed by atoms with Crippen molar-refractivity contribution in [3.63, 3.8) is 0 Å². The SMILES string of the molecule is CCCC(C)(C)NS(=O)(=O)CCCCNCC. The number of hydrogen-bond donors (Lipinski definition) is 2. The van der Waals surface area contributed by atoms with E-state index in [1.807, 2.05) is 20.8 Å². The molecule has 0 saturated carbocycles. The molecule has 0 amide bonds. The summed E-state index contributed by atoms with van der Waals surface area (Å²) in [6.45, 7) is 9.82. The summed E-state index contributed by atoms with van der Waals surface area (Å²) in [6, 6.07) is 0. The van der Waals surface area contributed by atoms with E-state index in [-0.39, 0.29) is 11.3 Å². The molecule has 0 spiro atoms. The quantitative estimate of drug-likeness (QED) is 0.592. The van der Waals surface area contributed by atoms with Gasteiger partial charge in [-0.2, -0.15) is 0 Å². The molecule has 0 aliphatic rings. The van der Waals surface area contributed by atoms with Crippen LogP contribution in [-0.4, -0.2) is 32.8 Å². The third-order valence-corrected chi connectivity index (χ3v) is 4.26. The summed E-state index contributed by atoms with van der Waals surface area (Å²) in [7, 11) is -3.13. The molecule has 0 bridgehead atoms. The van der Waals surface area contributed by atoms with Crippen LogP contribution in [-0.2, 0) is 10.0 Å². The maximum Gasteiger partial charge on any atom is 0.212 e. The van der Waals surface area contributed by atoms with E-state index >= 15 is 0 Å². The van der Waals surface area contributed by atoms with Crippen molar-refractivity contribution in [3.05, 3.63) is 0 Å². The molecule has 0 saturated heterocycles. The third kappa shape index (κ3) is 9.56. The highest BCUT2D eigenvalue weighted by Gasteiger charge is 2.23. The van der Waals surface area contributed by atoms with Gasteiger partial charge in [-0.25, -0.2) is 13.1 Å². The molecular weight excluding hydrogens is 236 g/mol. The van der Waals surface area contributed by atoms with Gasteiger partial charge >= 0.3 is 0 Å². The summed E-state index contributed by atoms with van der Waals surface area (Å²) in [5.41, 5.74) is -0.324. The Morgan fingerprint density at radius 1 is 1.12 bits per heavy atom. The molecule has 0 heterocycles. The molecule has 0 aromatic heterocycles. The van der Waals surface area contributed by atoms with Gasteiger partial charge in [0.1, 0.15) is 0 Å². The van der Waals surface area contributed by atoms with E-state index < -0.39 is 10.0 Å². The first-order valence-corrected chi connectivity index (χ1v) is 8.20. The molecule has 5 heteroatoms. The molecule has 0 radical (unpaired) electrons. The first-order valence-electron chi connectivity index (χ1n) is 6.55. The van der Waals surface area contributed by atoms with Crippen LogP contribution in [0.3, 0.4) is 0 Å². The maximum absolute atomic E-state index is 11.8. The molecule has 0 aliphatic heterocycles. The highest BCUT2D eigenvalue weighted by molar-refractivity contribution is 7.89. The van der Waals surface area contributed by atoms with E-state index in [1.54, 1.807) is 0 Å². The molecule has 0 atom stereocenters. The van der Waals surface area contributed by atoms with Crippen molar-refractivity contribution in [2.24, 2.45) is 0 Å². The van der Waals surface area contributed by atoms with Gasteiger partial charge in [-0.15, -0.1) is 0 Å². The molecule has 0 aromatic rings. The molecule has 0 aliphatic carbocycles. The van der Waals surface area contributed by atoms with Crippen molar-refractivity contribution in [3.8, 4) is 0 Å². The highest BCUT2D eigenvalue weighted by atomic mass is 32.2. The van der Waals surface area contributed by atoms with E-state index in [9.17, 15) is 8.42 Å². The zero-order valence-corrected chi connectivity index (χ0v) is 12.5. The van der Waals surface area contributed by atoms with Gasteiger partial charge in [0.15, 0.2) is 0 Å². The van der Waals surface area contributed by atoms with Crippen LogP contribution in [0.1, 0.15) is 53.4 Å². The van der Waals surface area contributed by atoms with Gasteiger partial charge in [0.25, 0.3) is 0 Å². The average Bonchev–Trinajstić information content (AvgIpc) is 2.15. The van der Waals surface area contributed by atoms with Gasteiger partial charge in [0.2, 0.25) is 10.0 Å². The standard InChI is InChI=1S/C12H28N2O2S/c1-5-9-12(3,4)14-17(15,16)11-8-7-10-13-6-2/h13-14H,5-11H2,1-4H3. The van der Waals surface area contributed by atoms with E-state index in [4.69, 9.17) is 0 Å². The fourth-order valence-electron chi connectivity index (χ4n) is 1.87. The normalized spacial score (nSPS) is 12.9. The Kier molecular flexibility index (Phi) is 8.00. The van der Waals surface area contributed by atoms with Crippen molar-refractivity contribution in [2.75, 3.05) is 18.8 Å². The van der Waals surface area contributed by atoms with Crippen LogP contribution in [0.5, 0.6) is 0 Å². The minimum absolute atomic E-state index is 0.228. The molecule has 4 nitrogen and oxygen atoms in total. The smallest absolute Gasteiger partial charge is 0.212 e. The second-order valence-corrected chi connectivity index (χ2v) is 6.96. The number of nitrogens with one attached hydrogen (secondary N) is 2. The molecule has 17 heavy (non-hydrogen) atoms. The summed E-state index contributed by atoms with van der Waals surface area (Å²) in [5, 5.41) is 3.19. The predicted octanol–water partition coefficient (Wildman–Crippen LogP) is 1.87. The lowest BCUT2D eigenvalue weighted by atomic mass is 10.0. The second kappa shape index (κ2) is 8.06. The van der Waals surface area contributed by atoms with Gasteiger partial charge in [-0.3, -0.25) is 0 Å². The zero-order valence-electron chi connectivity index (χ0n) is 11.7. The first kappa shape index (κ1) is 16.9. The highest BCUT2D eigenvalue weighted by Crippen LogP contribution is 2.12. The zero-order chi connectivity index (χ0) is 13.4. The van der Waals surface area contributed by atoms with Crippen molar-refractivity contribution in [1.82, 2.24) is 10.0 Å². The topological polar surface area (TPSA) is 58.2 Å². The number of sulfonamides is 1. The van der Waals surface area contributed by atoms with Crippen LogP contribution in [0, 0.1) is 0 Å². The summed E-state index contributed by atoms with van der Waals surface area (Å²) >= 11 is 0. The fourth-order valence-corrected chi connectivity index (χ4v) is 3.50. The van der Waals surface area contributed by atoms with Crippen molar-refractivity contribution in [1.29, 1.82) is 0 Å². The lowest BCUT2D eigenvalue weighted by Gasteiger charge is -2.25. The second-order valence-electron chi connectivity index (χ2n) is 5.12. The minimum Gasteiger partial charge on any atom is -0.317 e. The van der Waals surface area contributed by atoms with Gasteiger partial charge in [0, 0.05) is 5.54 Å². The molecular formula is C12H28N2O2S. The molecule has 0 fully saturated rings. The number of rotatable bonds is 10. The average molecular weight is 264 g/mol. The maximum atomic E-state index is 11.8. The Hall–Kier alpha value is -0.130. The van der Waals surface area contributed by atoms with E-state index in [2.05, 4.69) is 17.0 Å². The molecule has 104 valence electrons. The number of hydrogen-bond acceptors (Lipinski definition) is 3. The lowest BCUT2D eigenvalue weighted by molar-refractivity contribution is 0.417. The molecule has 2 N–H and O–H groups in total. The molecule has 0 rings (SSSR count). The fraction of sp³-hybridized carbons (Fsp3) is 1.00. The van der Waals surface area contributed by atoms with Gasteiger partial charge in [0.05, 0.1) is 5.75 Å². The van der Waals surface area contributed by atoms with Crippen LogP contribution in [0.15, 0.2) is 0 Å².